The Balaban J connectivity index is 2.56. The molecule has 0 saturated heterocycles. The van der Waals surface area contributed by atoms with Crippen molar-refractivity contribution in [3.8, 4) is 6.07 Å². The highest BCUT2D eigenvalue weighted by atomic mass is 32.2. The summed E-state index contributed by atoms with van der Waals surface area (Å²) in [5, 5.41) is 12.1. The molecule has 1 saturated carbocycles. The van der Waals surface area contributed by atoms with E-state index in [-0.39, 0.29) is 12.0 Å². The van der Waals surface area contributed by atoms with Crippen LogP contribution in [-0.2, 0) is 9.84 Å². The first-order valence-electron chi connectivity index (χ1n) is 5.60. The van der Waals surface area contributed by atoms with Crippen molar-refractivity contribution in [3.63, 3.8) is 0 Å². The van der Waals surface area contributed by atoms with Crippen LogP contribution in [0.4, 0.5) is 0 Å². The molecule has 92 valence electrons. The van der Waals surface area contributed by atoms with Crippen LogP contribution in [0.1, 0.15) is 33.1 Å². The van der Waals surface area contributed by atoms with Gasteiger partial charge in [0.15, 0.2) is 9.84 Å². The minimum atomic E-state index is -3.06. The zero-order valence-corrected chi connectivity index (χ0v) is 11.0. The van der Waals surface area contributed by atoms with Crippen LogP contribution >= 0.6 is 0 Å². The second kappa shape index (κ2) is 4.72. The van der Waals surface area contributed by atoms with E-state index >= 15 is 0 Å². The molecule has 0 bridgehead atoms. The number of sulfone groups is 1. The van der Waals surface area contributed by atoms with Gasteiger partial charge in [0.05, 0.1) is 16.7 Å². The summed E-state index contributed by atoms with van der Waals surface area (Å²) in [6, 6.07) is 2.44. The summed E-state index contributed by atoms with van der Waals surface area (Å²) in [5.74, 6) is 0.0374. The highest BCUT2D eigenvalue weighted by Gasteiger charge is 2.33. The molecule has 0 amide bonds. The quantitative estimate of drug-likeness (QED) is 0.803. The fraction of sp³-hybridized carbons (Fsp3) is 0.909. The predicted octanol–water partition coefficient (Wildman–Crippen LogP) is 1.09. The molecule has 1 aliphatic carbocycles. The van der Waals surface area contributed by atoms with Gasteiger partial charge < -0.3 is 5.32 Å². The van der Waals surface area contributed by atoms with Gasteiger partial charge in [0.2, 0.25) is 0 Å². The Kier molecular flexibility index (Phi) is 3.97. The van der Waals surface area contributed by atoms with Gasteiger partial charge in [-0.15, -0.1) is 0 Å². The van der Waals surface area contributed by atoms with Crippen molar-refractivity contribution in [2.24, 2.45) is 5.92 Å². The molecule has 1 fully saturated rings. The van der Waals surface area contributed by atoms with Gasteiger partial charge in [-0.25, -0.2) is 8.42 Å². The summed E-state index contributed by atoms with van der Waals surface area (Å²) < 4.78 is 22.2. The molecule has 0 aromatic heterocycles. The topological polar surface area (TPSA) is 70.0 Å². The molecule has 0 aliphatic heterocycles. The van der Waals surface area contributed by atoms with Gasteiger partial charge in [-0.05, 0) is 26.7 Å². The van der Waals surface area contributed by atoms with Crippen LogP contribution in [0.2, 0.25) is 0 Å². The molecule has 0 aromatic rings. The Morgan fingerprint density at radius 3 is 2.56 bits per heavy atom. The third kappa shape index (κ3) is 2.96. The first kappa shape index (κ1) is 13.5. The number of nitrogens with zero attached hydrogens (tertiary/aromatic N) is 1. The summed E-state index contributed by atoms with van der Waals surface area (Å²) in [7, 11) is -3.06. The van der Waals surface area contributed by atoms with Gasteiger partial charge in [-0.1, -0.05) is 6.42 Å². The average Bonchev–Trinajstić information content (AvgIpc) is 2.60. The molecule has 1 aliphatic rings. The minimum Gasteiger partial charge on any atom is -0.311 e. The van der Waals surface area contributed by atoms with Crippen LogP contribution in [0.25, 0.3) is 0 Å². The molecule has 1 N–H and O–H groups in total. The van der Waals surface area contributed by atoms with E-state index < -0.39 is 14.6 Å². The fourth-order valence-electron chi connectivity index (χ4n) is 1.87. The van der Waals surface area contributed by atoms with Gasteiger partial charge in [0, 0.05) is 18.8 Å². The molecular weight excluding hydrogens is 224 g/mol. The number of nitrogens with one attached hydrogen (secondary N) is 1. The monoisotopic (exact) mass is 244 g/mol. The first-order valence-corrected chi connectivity index (χ1v) is 7.50. The SMILES string of the molecule is CC(C)(CNC1CCCC1C#N)S(C)(=O)=O. The number of rotatable bonds is 4. The molecule has 0 spiro atoms. The van der Waals surface area contributed by atoms with Crippen molar-refractivity contribution in [2.75, 3.05) is 12.8 Å². The Labute approximate surface area is 98.0 Å². The van der Waals surface area contributed by atoms with E-state index in [2.05, 4.69) is 11.4 Å². The molecule has 2 atom stereocenters. The van der Waals surface area contributed by atoms with Crippen molar-refractivity contribution < 1.29 is 8.42 Å². The number of hydrogen-bond acceptors (Lipinski definition) is 4. The van der Waals surface area contributed by atoms with Crippen LogP contribution in [0, 0.1) is 17.2 Å². The summed E-state index contributed by atoms with van der Waals surface area (Å²) in [6.07, 6.45) is 4.20. The van der Waals surface area contributed by atoms with Crippen LogP contribution in [0.3, 0.4) is 0 Å². The predicted molar refractivity (Wildman–Crippen MR) is 63.7 cm³/mol. The zero-order valence-electron chi connectivity index (χ0n) is 10.2. The molecule has 4 nitrogen and oxygen atoms in total. The van der Waals surface area contributed by atoms with Gasteiger partial charge in [0.25, 0.3) is 0 Å². The highest BCUT2D eigenvalue weighted by Crippen LogP contribution is 2.25. The molecule has 1 rings (SSSR count). The molecule has 16 heavy (non-hydrogen) atoms. The van der Waals surface area contributed by atoms with E-state index in [0.717, 1.165) is 19.3 Å². The zero-order chi connectivity index (χ0) is 12.4. The number of hydrogen-bond donors (Lipinski definition) is 1. The van der Waals surface area contributed by atoms with E-state index in [1.807, 2.05) is 0 Å². The second-order valence-corrected chi connectivity index (χ2v) is 7.84. The third-order valence-electron chi connectivity index (χ3n) is 3.48. The maximum atomic E-state index is 11.5. The lowest BCUT2D eigenvalue weighted by Gasteiger charge is -2.26. The van der Waals surface area contributed by atoms with Crippen molar-refractivity contribution >= 4 is 9.84 Å². The van der Waals surface area contributed by atoms with Crippen molar-refractivity contribution in [3.05, 3.63) is 0 Å². The lowest BCUT2D eigenvalue weighted by molar-refractivity contribution is 0.431. The third-order valence-corrected chi connectivity index (χ3v) is 5.63. The normalized spacial score (nSPS) is 26.6. The summed E-state index contributed by atoms with van der Waals surface area (Å²) in [4.78, 5) is 0. The molecule has 5 heteroatoms. The molecule has 0 aromatic carbocycles. The standard InChI is InChI=1S/C11H20N2O2S/c1-11(2,16(3,14)15)8-13-10-6-4-5-9(10)7-12/h9-10,13H,4-6,8H2,1-3H3. The number of nitriles is 1. The average molecular weight is 244 g/mol. The summed E-state index contributed by atoms with van der Waals surface area (Å²) >= 11 is 0. The van der Waals surface area contributed by atoms with Crippen LogP contribution < -0.4 is 5.32 Å². The Morgan fingerprint density at radius 1 is 1.44 bits per heavy atom. The summed E-state index contributed by atoms with van der Waals surface area (Å²) in [5.41, 5.74) is 0. The maximum Gasteiger partial charge on any atom is 0.153 e. The van der Waals surface area contributed by atoms with Gasteiger partial charge in [0.1, 0.15) is 0 Å². The first-order chi connectivity index (χ1) is 7.28. The summed E-state index contributed by atoms with van der Waals surface area (Å²) in [6.45, 7) is 3.84. The van der Waals surface area contributed by atoms with Crippen LogP contribution in [0.5, 0.6) is 0 Å². The van der Waals surface area contributed by atoms with Gasteiger partial charge in [-0.2, -0.15) is 5.26 Å². The smallest absolute Gasteiger partial charge is 0.153 e. The van der Waals surface area contributed by atoms with Crippen LogP contribution in [-0.4, -0.2) is 32.0 Å². The van der Waals surface area contributed by atoms with Gasteiger partial charge in [-0.3, -0.25) is 0 Å². The Morgan fingerprint density at radius 2 is 2.06 bits per heavy atom. The molecular formula is C11H20N2O2S. The lowest BCUT2D eigenvalue weighted by Crippen LogP contribution is -2.46. The van der Waals surface area contributed by atoms with E-state index in [9.17, 15) is 8.42 Å². The second-order valence-electron chi connectivity index (χ2n) is 5.19. The maximum absolute atomic E-state index is 11.5. The molecule has 0 radical (unpaired) electrons. The largest absolute Gasteiger partial charge is 0.311 e. The minimum absolute atomic E-state index is 0.0374. The Bertz CT molecular complexity index is 381. The lowest BCUT2D eigenvalue weighted by atomic mass is 10.1. The van der Waals surface area contributed by atoms with Crippen molar-refractivity contribution in [2.45, 2.75) is 43.9 Å². The van der Waals surface area contributed by atoms with Crippen molar-refractivity contribution in [1.82, 2.24) is 5.32 Å². The Hall–Kier alpha value is -0.600. The molecule has 0 heterocycles. The highest BCUT2D eigenvalue weighted by molar-refractivity contribution is 7.92. The van der Waals surface area contributed by atoms with Gasteiger partial charge >= 0.3 is 0 Å². The van der Waals surface area contributed by atoms with E-state index in [0.29, 0.717) is 6.54 Å². The fourth-order valence-corrected chi connectivity index (χ4v) is 2.21. The van der Waals surface area contributed by atoms with Crippen molar-refractivity contribution in [1.29, 1.82) is 5.26 Å². The van der Waals surface area contributed by atoms with E-state index in [1.54, 1.807) is 13.8 Å². The van der Waals surface area contributed by atoms with E-state index in [1.165, 1.54) is 6.26 Å². The van der Waals surface area contributed by atoms with Crippen LogP contribution in [0.15, 0.2) is 0 Å². The van der Waals surface area contributed by atoms with E-state index in [4.69, 9.17) is 5.26 Å². The molecule has 2 unspecified atom stereocenters.